The average Bonchev–Trinajstić information content (AvgIpc) is 3.04. The smallest absolute Gasteiger partial charge is 0.138 e. The molecule has 1 atom stereocenters. The van der Waals surface area contributed by atoms with E-state index in [1.165, 1.54) is 12.8 Å². The van der Waals surface area contributed by atoms with Crippen LogP contribution in [0.25, 0.3) is 0 Å². The summed E-state index contributed by atoms with van der Waals surface area (Å²) in [6.45, 7) is 13.5. The second kappa shape index (κ2) is 6.25. The SMILES string of the molecule is CC(C)Cn1ncnc1CC(CNC1CC1)C(C)(C)C. The highest BCUT2D eigenvalue weighted by atomic mass is 15.3. The van der Waals surface area contributed by atoms with Gasteiger partial charge in [0.25, 0.3) is 0 Å². The lowest BCUT2D eigenvalue weighted by Crippen LogP contribution is -2.35. The van der Waals surface area contributed by atoms with Crippen LogP contribution in [0.2, 0.25) is 0 Å². The molecular formula is C16H30N4. The molecule has 1 N–H and O–H groups in total. The largest absolute Gasteiger partial charge is 0.314 e. The summed E-state index contributed by atoms with van der Waals surface area (Å²) in [6.07, 6.45) is 5.41. The molecule has 0 amide bonds. The molecule has 1 aliphatic rings. The van der Waals surface area contributed by atoms with Gasteiger partial charge in [-0.2, -0.15) is 5.10 Å². The minimum atomic E-state index is 0.288. The number of rotatable bonds is 7. The van der Waals surface area contributed by atoms with Gasteiger partial charge in [-0.1, -0.05) is 34.6 Å². The molecular weight excluding hydrogens is 248 g/mol. The van der Waals surface area contributed by atoms with Gasteiger partial charge in [-0.3, -0.25) is 0 Å². The Kier molecular flexibility index (Phi) is 4.84. The first-order valence-electron chi connectivity index (χ1n) is 7.96. The minimum Gasteiger partial charge on any atom is -0.314 e. The zero-order valence-electron chi connectivity index (χ0n) is 13.7. The van der Waals surface area contributed by atoms with E-state index in [-0.39, 0.29) is 5.41 Å². The van der Waals surface area contributed by atoms with E-state index in [1.807, 2.05) is 0 Å². The van der Waals surface area contributed by atoms with Gasteiger partial charge in [0.2, 0.25) is 0 Å². The first-order valence-corrected chi connectivity index (χ1v) is 7.96. The van der Waals surface area contributed by atoms with E-state index in [0.29, 0.717) is 11.8 Å². The quantitative estimate of drug-likeness (QED) is 0.834. The van der Waals surface area contributed by atoms with E-state index in [1.54, 1.807) is 6.33 Å². The van der Waals surface area contributed by atoms with Crippen LogP contribution >= 0.6 is 0 Å². The van der Waals surface area contributed by atoms with Crippen molar-refractivity contribution < 1.29 is 0 Å². The highest BCUT2D eigenvalue weighted by Crippen LogP contribution is 2.29. The van der Waals surface area contributed by atoms with Crippen molar-refractivity contribution in [1.82, 2.24) is 20.1 Å². The van der Waals surface area contributed by atoms with E-state index in [2.05, 4.69) is 54.7 Å². The van der Waals surface area contributed by atoms with Crippen molar-refractivity contribution in [1.29, 1.82) is 0 Å². The molecule has 1 fully saturated rings. The number of hydrogen-bond acceptors (Lipinski definition) is 3. The van der Waals surface area contributed by atoms with Gasteiger partial charge in [0.15, 0.2) is 0 Å². The van der Waals surface area contributed by atoms with Crippen LogP contribution in [0.1, 0.15) is 53.3 Å². The van der Waals surface area contributed by atoms with Crippen LogP contribution < -0.4 is 5.32 Å². The van der Waals surface area contributed by atoms with E-state index >= 15 is 0 Å². The summed E-state index contributed by atoms with van der Waals surface area (Å²) in [5.74, 6) is 2.34. The van der Waals surface area contributed by atoms with Crippen molar-refractivity contribution in [3.8, 4) is 0 Å². The molecule has 1 saturated carbocycles. The second-order valence-electron chi connectivity index (χ2n) is 7.70. The first-order chi connectivity index (χ1) is 9.36. The molecule has 20 heavy (non-hydrogen) atoms. The van der Waals surface area contributed by atoms with Gasteiger partial charge >= 0.3 is 0 Å². The number of aromatic nitrogens is 3. The molecule has 114 valence electrons. The van der Waals surface area contributed by atoms with Gasteiger partial charge in [0.05, 0.1) is 0 Å². The zero-order chi connectivity index (χ0) is 14.8. The van der Waals surface area contributed by atoms with Gasteiger partial charge in [0.1, 0.15) is 12.2 Å². The lowest BCUT2D eigenvalue weighted by atomic mass is 9.78. The Morgan fingerprint density at radius 2 is 2.05 bits per heavy atom. The fourth-order valence-corrected chi connectivity index (χ4v) is 2.45. The predicted octanol–water partition coefficient (Wildman–Crippen LogP) is 2.89. The van der Waals surface area contributed by atoms with Gasteiger partial charge in [-0.15, -0.1) is 0 Å². The number of nitrogens with zero attached hydrogens (tertiary/aromatic N) is 3. The van der Waals surface area contributed by atoms with Crippen molar-refractivity contribution in [2.45, 2.75) is 66.5 Å². The molecule has 0 saturated heterocycles. The molecule has 1 aromatic heterocycles. The van der Waals surface area contributed by atoms with Crippen molar-refractivity contribution in [2.75, 3.05) is 6.54 Å². The van der Waals surface area contributed by atoms with Gasteiger partial charge in [0, 0.05) is 19.0 Å². The summed E-state index contributed by atoms with van der Waals surface area (Å²) in [5, 5.41) is 8.06. The molecule has 1 aromatic rings. The Morgan fingerprint density at radius 1 is 1.35 bits per heavy atom. The number of hydrogen-bond donors (Lipinski definition) is 1. The van der Waals surface area contributed by atoms with Crippen LogP contribution in [-0.4, -0.2) is 27.4 Å². The summed E-state index contributed by atoms with van der Waals surface area (Å²) < 4.78 is 2.08. The Bertz CT molecular complexity index is 412. The van der Waals surface area contributed by atoms with Crippen molar-refractivity contribution in [3.05, 3.63) is 12.2 Å². The van der Waals surface area contributed by atoms with Crippen LogP contribution in [0.4, 0.5) is 0 Å². The van der Waals surface area contributed by atoms with Gasteiger partial charge in [-0.25, -0.2) is 9.67 Å². The fraction of sp³-hybridized carbons (Fsp3) is 0.875. The standard InChI is InChI=1S/C16H30N4/c1-12(2)10-20-15(18-11-19-20)8-13(16(3,4)5)9-17-14-6-7-14/h11-14,17H,6-10H2,1-5H3. The molecule has 2 rings (SSSR count). The van der Waals surface area contributed by atoms with Crippen LogP contribution in [0.5, 0.6) is 0 Å². The monoisotopic (exact) mass is 278 g/mol. The Morgan fingerprint density at radius 3 is 2.60 bits per heavy atom. The van der Waals surface area contributed by atoms with E-state index in [4.69, 9.17) is 0 Å². The lowest BCUT2D eigenvalue weighted by Gasteiger charge is -2.31. The van der Waals surface area contributed by atoms with E-state index in [0.717, 1.165) is 31.4 Å². The molecule has 1 heterocycles. The van der Waals surface area contributed by atoms with Crippen LogP contribution in [0, 0.1) is 17.3 Å². The summed E-state index contributed by atoms with van der Waals surface area (Å²) >= 11 is 0. The predicted molar refractivity (Wildman–Crippen MR) is 82.5 cm³/mol. The molecule has 0 bridgehead atoms. The third-order valence-electron chi connectivity index (χ3n) is 4.12. The van der Waals surface area contributed by atoms with Crippen molar-refractivity contribution >= 4 is 0 Å². The molecule has 0 aliphatic heterocycles. The Labute approximate surface area is 123 Å². The third-order valence-corrected chi connectivity index (χ3v) is 4.12. The molecule has 4 nitrogen and oxygen atoms in total. The molecule has 4 heteroatoms. The molecule has 1 unspecified atom stereocenters. The lowest BCUT2D eigenvalue weighted by molar-refractivity contribution is 0.223. The normalized spacial score (nSPS) is 17.7. The van der Waals surface area contributed by atoms with Crippen LogP contribution in [0.15, 0.2) is 6.33 Å². The maximum atomic E-state index is 4.49. The van der Waals surface area contributed by atoms with Crippen LogP contribution in [-0.2, 0) is 13.0 Å². The second-order valence-corrected chi connectivity index (χ2v) is 7.70. The van der Waals surface area contributed by atoms with E-state index < -0.39 is 0 Å². The maximum Gasteiger partial charge on any atom is 0.138 e. The topological polar surface area (TPSA) is 42.7 Å². The highest BCUT2D eigenvalue weighted by Gasteiger charge is 2.29. The Balaban J connectivity index is 2.00. The summed E-state index contributed by atoms with van der Waals surface area (Å²) in [5.41, 5.74) is 0.288. The summed E-state index contributed by atoms with van der Waals surface area (Å²) in [6, 6.07) is 0.772. The first kappa shape index (κ1) is 15.5. The van der Waals surface area contributed by atoms with Crippen molar-refractivity contribution in [3.63, 3.8) is 0 Å². The zero-order valence-corrected chi connectivity index (χ0v) is 13.7. The maximum absolute atomic E-state index is 4.49. The molecule has 1 aliphatic carbocycles. The highest BCUT2D eigenvalue weighted by molar-refractivity contribution is 4.93. The van der Waals surface area contributed by atoms with Gasteiger partial charge in [-0.05, 0) is 36.6 Å². The number of nitrogens with one attached hydrogen (secondary N) is 1. The van der Waals surface area contributed by atoms with E-state index in [9.17, 15) is 0 Å². The fourth-order valence-electron chi connectivity index (χ4n) is 2.45. The van der Waals surface area contributed by atoms with Crippen molar-refractivity contribution in [2.24, 2.45) is 17.3 Å². The minimum absolute atomic E-state index is 0.288. The third kappa shape index (κ3) is 4.58. The molecule has 0 radical (unpaired) electrons. The summed E-state index contributed by atoms with van der Waals surface area (Å²) in [4.78, 5) is 4.49. The van der Waals surface area contributed by atoms with Gasteiger partial charge < -0.3 is 5.32 Å². The Hall–Kier alpha value is -0.900. The van der Waals surface area contributed by atoms with Crippen LogP contribution in [0.3, 0.4) is 0 Å². The summed E-state index contributed by atoms with van der Waals surface area (Å²) in [7, 11) is 0. The molecule has 0 aromatic carbocycles. The molecule has 0 spiro atoms. The average molecular weight is 278 g/mol.